The molecule has 0 aromatic heterocycles. The highest BCUT2D eigenvalue weighted by molar-refractivity contribution is 5.69. The third kappa shape index (κ3) is 3.99. The average molecular weight is 343 g/mol. The number of hydrogen-bond donors (Lipinski definition) is 0. The van der Waals surface area contributed by atoms with Gasteiger partial charge in [-0.2, -0.15) is 0 Å². The Balaban J connectivity index is 1.71. The van der Waals surface area contributed by atoms with Crippen LogP contribution in [-0.2, 0) is 16.1 Å². The average Bonchev–Trinajstić information content (AvgIpc) is 2.61. The molecule has 0 N–H and O–H groups in total. The summed E-state index contributed by atoms with van der Waals surface area (Å²) >= 11 is 0. The van der Waals surface area contributed by atoms with E-state index in [2.05, 4.69) is 0 Å². The molecule has 1 unspecified atom stereocenters. The quantitative estimate of drug-likeness (QED) is 0.833. The van der Waals surface area contributed by atoms with Crippen LogP contribution >= 0.6 is 0 Å². The third-order valence-corrected chi connectivity index (χ3v) is 4.39. The summed E-state index contributed by atoms with van der Waals surface area (Å²) in [5.74, 6) is -0.329. The standard InChI is InChI=1S/C20H22FNO3/c1-20(2)14-25-18(16-10-6-7-11-17(16)21)12-22(20)19(23)24-13-15-8-4-3-5-9-15/h3-11,18H,12-14H2,1-2H3. The molecule has 3 rings (SSSR count). The van der Waals surface area contributed by atoms with Gasteiger partial charge in [0.15, 0.2) is 0 Å². The minimum Gasteiger partial charge on any atom is -0.445 e. The molecule has 0 bridgehead atoms. The first-order chi connectivity index (χ1) is 12.0. The maximum atomic E-state index is 14.0. The molecule has 0 saturated carbocycles. The SMILES string of the molecule is CC1(C)COC(c2ccccc2F)CN1C(=O)OCc1ccccc1. The molecule has 132 valence electrons. The zero-order valence-corrected chi connectivity index (χ0v) is 14.4. The molecule has 0 radical (unpaired) electrons. The van der Waals surface area contributed by atoms with E-state index in [-0.39, 0.29) is 19.0 Å². The minimum absolute atomic E-state index is 0.206. The molecule has 4 nitrogen and oxygen atoms in total. The highest BCUT2D eigenvalue weighted by Crippen LogP contribution is 2.32. The Morgan fingerprint density at radius 3 is 2.60 bits per heavy atom. The molecule has 1 aliphatic rings. The van der Waals surface area contributed by atoms with Crippen LogP contribution in [0.15, 0.2) is 54.6 Å². The van der Waals surface area contributed by atoms with Gasteiger partial charge in [0.05, 0.1) is 18.7 Å². The van der Waals surface area contributed by atoms with Gasteiger partial charge in [-0.05, 0) is 25.5 Å². The zero-order chi connectivity index (χ0) is 17.9. The van der Waals surface area contributed by atoms with Crippen molar-refractivity contribution in [2.75, 3.05) is 13.2 Å². The molecule has 1 fully saturated rings. The number of rotatable bonds is 3. The lowest BCUT2D eigenvalue weighted by molar-refractivity contribution is -0.0935. The van der Waals surface area contributed by atoms with E-state index in [0.29, 0.717) is 12.2 Å². The zero-order valence-electron chi connectivity index (χ0n) is 14.4. The molecule has 5 heteroatoms. The van der Waals surface area contributed by atoms with Crippen molar-refractivity contribution < 1.29 is 18.7 Å². The van der Waals surface area contributed by atoms with Crippen LogP contribution in [0.1, 0.15) is 31.1 Å². The number of hydrogen-bond acceptors (Lipinski definition) is 3. The van der Waals surface area contributed by atoms with Crippen LogP contribution in [0.4, 0.5) is 9.18 Å². The Kier molecular flexibility index (Phi) is 5.04. The Hall–Kier alpha value is -2.40. The molecular formula is C20H22FNO3. The predicted octanol–water partition coefficient (Wildman–Crippen LogP) is 4.31. The highest BCUT2D eigenvalue weighted by Gasteiger charge is 2.40. The summed E-state index contributed by atoms with van der Waals surface area (Å²) in [4.78, 5) is 14.2. The van der Waals surface area contributed by atoms with Gasteiger partial charge < -0.3 is 9.47 Å². The van der Waals surface area contributed by atoms with E-state index in [1.165, 1.54) is 6.07 Å². The second-order valence-electron chi connectivity index (χ2n) is 6.78. The van der Waals surface area contributed by atoms with Crippen molar-refractivity contribution in [2.45, 2.75) is 32.1 Å². The van der Waals surface area contributed by atoms with Gasteiger partial charge in [-0.1, -0.05) is 48.5 Å². The number of halogens is 1. The molecule has 25 heavy (non-hydrogen) atoms. The van der Waals surface area contributed by atoms with Crippen molar-refractivity contribution in [3.05, 3.63) is 71.5 Å². The number of carbonyl (C=O) groups excluding carboxylic acids is 1. The summed E-state index contributed by atoms with van der Waals surface area (Å²) in [7, 11) is 0. The van der Waals surface area contributed by atoms with Crippen LogP contribution in [0, 0.1) is 5.82 Å². The van der Waals surface area contributed by atoms with Gasteiger partial charge in [-0.3, -0.25) is 4.90 Å². The second-order valence-corrected chi connectivity index (χ2v) is 6.78. The van der Waals surface area contributed by atoms with Crippen molar-refractivity contribution in [1.82, 2.24) is 4.90 Å². The van der Waals surface area contributed by atoms with E-state index in [1.54, 1.807) is 23.1 Å². The third-order valence-electron chi connectivity index (χ3n) is 4.39. The normalized spacial score (nSPS) is 19.5. The van der Waals surface area contributed by atoms with Crippen molar-refractivity contribution in [3.63, 3.8) is 0 Å². The molecule has 0 spiro atoms. The van der Waals surface area contributed by atoms with E-state index in [0.717, 1.165) is 5.56 Å². The van der Waals surface area contributed by atoms with Gasteiger partial charge in [0.1, 0.15) is 18.5 Å². The number of benzene rings is 2. The van der Waals surface area contributed by atoms with Crippen LogP contribution in [0.25, 0.3) is 0 Å². The molecule has 1 atom stereocenters. The molecule has 2 aromatic carbocycles. The summed E-state index contributed by atoms with van der Waals surface area (Å²) in [6.07, 6.45) is -0.919. The van der Waals surface area contributed by atoms with Crippen molar-refractivity contribution in [1.29, 1.82) is 0 Å². The van der Waals surface area contributed by atoms with Crippen LogP contribution in [0.3, 0.4) is 0 Å². The van der Waals surface area contributed by atoms with Gasteiger partial charge >= 0.3 is 6.09 Å². The first-order valence-corrected chi connectivity index (χ1v) is 8.32. The lowest BCUT2D eigenvalue weighted by Gasteiger charge is -2.44. The maximum Gasteiger partial charge on any atom is 0.410 e. The van der Waals surface area contributed by atoms with Crippen molar-refractivity contribution >= 4 is 6.09 Å². The number of carbonyl (C=O) groups is 1. The van der Waals surface area contributed by atoms with Crippen LogP contribution in [0.5, 0.6) is 0 Å². The summed E-state index contributed by atoms with van der Waals surface area (Å²) in [6, 6.07) is 16.0. The van der Waals surface area contributed by atoms with E-state index in [9.17, 15) is 9.18 Å². The lowest BCUT2D eigenvalue weighted by Crippen LogP contribution is -2.56. The highest BCUT2D eigenvalue weighted by atomic mass is 19.1. The first kappa shape index (κ1) is 17.4. The monoisotopic (exact) mass is 343 g/mol. The van der Waals surface area contributed by atoms with E-state index in [1.807, 2.05) is 44.2 Å². The molecule has 2 aromatic rings. The first-order valence-electron chi connectivity index (χ1n) is 8.32. The largest absolute Gasteiger partial charge is 0.445 e. The molecule has 1 aliphatic heterocycles. The number of morpholine rings is 1. The molecule has 1 heterocycles. The van der Waals surface area contributed by atoms with E-state index >= 15 is 0 Å². The number of nitrogens with zero attached hydrogens (tertiary/aromatic N) is 1. The summed E-state index contributed by atoms with van der Waals surface area (Å²) in [6.45, 7) is 4.59. The fraction of sp³-hybridized carbons (Fsp3) is 0.350. The Labute approximate surface area is 147 Å². The number of amides is 1. The van der Waals surface area contributed by atoms with Gasteiger partial charge in [0, 0.05) is 5.56 Å². The maximum absolute atomic E-state index is 14.0. The van der Waals surface area contributed by atoms with Crippen LogP contribution in [-0.4, -0.2) is 29.7 Å². The van der Waals surface area contributed by atoms with Gasteiger partial charge in [0.25, 0.3) is 0 Å². The molecule has 1 saturated heterocycles. The summed E-state index contributed by atoms with van der Waals surface area (Å²) in [5.41, 5.74) is 0.863. The van der Waals surface area contributed by atoms with Crippen molar-refractivity contribution in [3.8, 4) is 0 Å². The summed E-state index contributed by atoms with van der Waals surface area (Å²) < 4.78 is 25.3. The van der Waals surface area contributed by atoms with Gasteiger partial charge in [0.2, 0.25) is 0 Å². The number of ether oxygens (including phenoxy) is 2. The van der Waals surface area contributed by atoms with Crippen LogP contribution in [0.2, 0.25) is 0 Å². The van der Waals surface area contributed by atoms with Crippen LogP contribution < -0.4 is 0 Å². The molecule has 1 amide bonds. The second kappa shape index (κ2) is 7.23. The fourth-order valence-corrected chi connectivity index (χ4v) is 2.89. The Morgan fingerprint density at radius 1 is 1.20 bits per heavy atom. The summed E-state index contributed by atoms with van der Waals surface area (Å²) in [5, 5.41) is 0. The molecular weight excluding hydrogens is 321 g/mol. The smallest absolute Gasteiger partial charge is 0.410 e. The van der Waals surface area contributed by atoms with E-state index < -0.39 is 17.7 Å². The van der Waals surface area contributed by atoms with Gasteiger partial charge in [-0.25, -0.2) is 9.18 Å². The Morgan fingerprint density at radius 2 is 1.88 bits per heavy atom. The minimum atomic E-state index is -0.518. The van der Waals surface area contributed by atoms with Gasteiger partial charge in [-0.15, -0.1) is 0 Å². The predicted molar refractivity (Wildman–Crippen MR) is 92.5 cm³/mol. The van der Waals surface area contributed by atoms with Crippen molar-refractivity contribution in [2.24, 2.45) is 0 Å². The molecule has 0 aliphatic carbocycles. The lowest BCUT2D eigenvalue weighted by atomic mass is 9.98. The fourth-order valence-electron chi connectivity index (χ4n) is 2.89. The topological polar surface area (TPSA) is 38.8 Å². The Bertz CT molecular complexity index is 733. The van der Waals surface area contributed by atoms with E-state index in [4.69, 9.17) is 9.47 Å².